The molecule has 0 atom stereocenters. The first-order chi connectivity index (χ1) is 11.7. The highest BCUT2D eigenvalue weighted by molar-refractivity contribution is 5.83. The van der Waals surface area contributed by atoms with Gasteiger partial charge in [0, 0.05) is 10.8 Å². The lowest BCUT2D eigenvalue weighted by molar-refractivity contribution is -0.129. The van der Waals surface area contributed by atoms with Gasteiger partial charge in [-0.1, -0.05) is 72.6 Å². The minimum Gasteiger partial charge on any atom is -0.273 e. The van der Waals surface area contributed by atoms with Crippen LogP contribution in [0, 0.1) is 33.7 Å². The molecular formula is C19H32N4O2. The van der Waals surface area contributed by atoms with Crippen molar-refractivity contribution in [1.29, 1.82) is 10.5 Å². The molecule has 0 heterocycles. The number of hydrogen-bond donors (Lipinski definition) is 2. The second-order valence-corrected chi connectivity index (χ2v) is 7.87. The van der Waals surface area contributed by atoms with Crippen molar-refractivity contribution in [3.63, 3.8) is 0 Å². The van der Waals surface area contributed by atoms with Crippen molar-refractivity contribution >= 4 is 11.8 Å². The molecule has 140 valence electrons. The predicted octanol–water partition coefficient (Wildman–Crippen LogP) is 3.74. The number of carbonyl (C=O) groups excluding carboxylic acids is 2. The van der Waals surface area contributed by atoms with Crippen molar-refractivity contribution in [3.05, 3.63) is 0 Å². The molecule has 0 aromatic rings. The van der Waals surface area contributed by atoms with E-state index in [-0.39, 0.29) is 11.8 Å². The first kappa shape index (κ1) is 22.9. The van der Waals surface area contributed by atoms with Gasteiger partial charge >= 0.3 is 0 Å². The van der Waals surface area contributed by atoms with Gasteiger partial charge in [0.15, 0.2) is 12.4 Å². The molecule has 0 bridgehead atoms. The van der Waals surface area contributed by atoms with E-state index in [0.717, 1.165) is 57.8 Å². The fraction of sp³-hybridized carbons (Fsp3) is 0.789. The average molecular weight is 348 g/mol. The third-order valence-corrected chi connectivity index (χ3v) is 4.67. The molecule has 0 aromatic heterocycles. The van der Waals surface area contributed by atoms with E-state index in [0.29, 0.717) is 0 Å². The number of carbonyl (C=O) groups is 2. The molecule has 0 saturated carbocycles. The maximum atomic E-state index is 11.7. The van der Waals surface area contributed by atoms with Gasteiger partial charge in [0.1, 0.15) is 0 Å². The summed E-state index contributed by atoms with van der Waals surface area (Å²) in [5.74, 6) is -0.420. The van der Waals surface area contributed by atoms with Gasteiger partial charge in [-0.25, -0.2) is 0 Å². The van der Waals surface area contributed by atoms with Crippen molar-refractivity contribution in [2.24, 2.45) is 10.8 Å². The van der Waals surface area contributed by atoms with Crippen molar-refractivity contribution < 1.29 is 9.59 Å². The highest BCUT2D eigenvalue weighted by atomic mass is 16.2. The number of nitriles is 2. The van der Waals surface area contributed by atoms with Crippen LogP contribution >= 0.6 is 0 Å². The summed E-state index contributed by atoms with van der Waals surface area (Å²) in [6.45, 7) is 7.46. The van der Waals surface area contributed by atoms with E-state index >= 15 is 0 Å². The van der Waals surface area contributed by atoms with Gasteiger partial charge in [-0.05, 0) is 12.8 Å². The monoisotopic (exact) mass is 348 g/mol. The lowest BCUT2D eigenvalue weighted by atomic mass is 9.85. The van der Waals surface area contributed by atoms with Gasteiger partial charge in [0.2, 0.25) is 11.8 Å². The topological polar surface area (TPSA) is 106 Å². The molecule has 0 aliphatic carbocycles. The van der Waals surface area contributed by atoms with Crippen LogP contribution in [-0.2, 0) is 9.59 Å². The Bertz CT molecular complexity index is 466. The zero-order chi connectivity index (χ0) is 19.3. The van der Waals surface area contributed by atoms with Crippen molar-refractivity contribution in [2.75, 3.05) is 0 Å². The Balaban J connectivity index is 3.72. The summed E-state index contributed by atoms with van der Waals surface area (Å²) in [6.07, 6.45) is 12.5. The average Bonchev–Trinajstić information content (AvgIpc) is 2.53. The Morgan fingerprint density at radius 2 is 0.960 bits per heavy atom. The minimum absolute atomic E-state index is 0.210. The molecule has 0 aliphatic heterocycles. The quantitative estimate of drug-likeness (QED) is 0.318. The van der Waals surface area contributed by atoms with Gasteiger partial charge in [-0.3, -0.25) is 20.2 Å². The van der Waals surface area contributed by atoms with Crippen LogP contribution in [0.1, 0.15) is 85.5 Å². The van der Waals surface area contributed by atoms with Crippen LogP contribution in [0.5, 0.6) is 0 Å². The largest absolute Gasteiger partial charge is 0.273 e. The minimum atomic E-state index is -0.495. The molecule has 0 unspecified atom stereocenters. The predicted molar refractivity (Wildman–Crippen MR) is 96.6 cm³/mol. The molecule has 0 aromatic carbocycles. The molecule has 2 N–H and O–H groups in total. The number of unbranched alkanes of at least 4 members (excludes halogenated alkanes) is 6. The van der Waals surface area contributed by atoms with Gasteiger partial charge < -0.3 is 0 Å². The number of nitrogens with one attached hydrogen (secondary N) is 2. The Labute approximate surface area is 152 Å². The van der Waals surface area contributed by atoms with Gasteiger partial charge in [-0.15, -0.1) is 0 Å². The van der Waals surface area contributed by atoms with Crippen LogP contribution in [0.4, 0.5) is 0 Å². The first-order valence-corrected chi connectivity index (χ1v) is 9.06. The van der Waals surface area contributed by atoms with E-state index in [1.54, 1.807) is 12.4 Å². The van der Waals surface area contributed by atoms with E-state index < -0.39 is 10.8 Å². The number of rotatable bonds is 12. The summed E-state index contributed by atoms with van der Waals surface area (Å²) in [4.78, 5) is 23.4. The highest BCUT2D eigenvalue weighted by Gasteiger charge is 2.27. The van der Waals surface area contributed by atoms with Crippen molar-refractivity contribution in [3.8, 4) is 12.4 Å². The standard InChI is InChI=1S/C19H32N4O2/c1-18(2,16(24)22-14-20)12-10-8-6-5-7-9-11-13-19(3,4)17(25)23-15-21/h5-13H2,1-4H3,(H,22,24)(H,23,25). The molecule has 0 saturated heterocycles. The third-order valence-electron chi connectivity index (χ3n) is 4.67. The van der Waals surface area contributed by atoms with Crippen molar-refractivity contribution in [1.82, 2.24) is 10.6 Å². The van der Waals surface area contributed by atoms with Crippen LogP contribution in [-0.4, -0.2) is 11.8 Å². The summed E-state index contributed by atoms with van der Waals surface area (Å²) < 4.78 is 0. The number of nitrogens with zero attached hydrogens (tertiary/aromatic N) is 2. The van der Waals surface area contributed by atoms with E-state index in [4.69, 9.17) is 10.5 Å². The highest BCUT2D eigenvalue weighted by Crippen LogP contribution is 2.26. The van der Waals surface area contributed by atoms with E-state index in [9.17, 15) is 9.59 Å². The fourth-order valence-electron chi connectivity index (χ4n) is 2.68. The Kier molecular flexibility index (Phi) is 10.5. The smallest absolute Gasteiger partial charge is 0.238 e. The van der Waals surface area contributed by atoms with Gasteiger partial charge in [-0.2, -0.15) is 10.5 Å². The SMILES string of the molecule is CC(C)(CCCCCCCCCC(C)(C)C(=O)NC#N)C(=O)NC#N. The molecule has 0 radical (unpaired) electrons. The zero-order valence-electron chi connectivity index (χ0n) is 16.1. The summed E-state index contributed by atoms with van der Waals surface area (Å²) in [5, 5.41) is 21.4. The van der Waals surface area contributed by atoms with E-state index in [1.165, 1.54) is 0 Å². The molecule has 0 spiro atoms. The van der Waals surface area contributed by atoms with Gasteiger partial charge in [0.25, 0.3) is 0 Å². The molecule has 2 amide bonds. The molecule has 0 rings (SSSR count). The van der Waals surface area contributed by atoms with Crippen LogP contribution in [0.3, 0.4) is 0 Å². The molecular weight excluding hydrogens is 316 g/mol. The summed E-state index contributed by atoms with van der Waals surface area (Å²) in [7, 11) is 0. The van der Waals surface area contributed by atoms with E-state index in [2.05, 4.69) is 10.6 Å². The van der Waals surface area contributed by atoms with Crippen LogP contribution in [0.2, 0.25) is 0 Å². The van der Waals surface area contributed by atoms with Crippen LogP contribution in [0.15, 0.2) is 0 Å². The molecule has 0 aliphatic rings. The Morgan fingerprint density at radius 1 is 0.680 bits per heavy atom. The zero-order valence-corrected chi connectivity index (χ0v) is 16.1. The lowest BCUT2D eigenvalue weighted by Gasteiger charge is -2.21. The molecule has 25 heavy (non-hydrogen) atoms. The van der Waals surface area contributed by atoms with Crippen LogP contribution < -0.4 is 10.6 Å². The molecule has 6 heteroatoms. The maximum absolute atomic E-state index is 11.7. The Hall–Kier alpha value is -2.08. The summed E-state index contributed by atoms with van der Waals surface area (Å²) >= 11 is 0. The second-order valence-electron chi connectivity index (χ2n) is 7.87. The first-order valence-electron chi connectivity index (χ1n) is 9.06. The lowest BCUT2D eigenvalue weighted by Crippen LogP contribution is -2.34. The third kappa shape index (κ3) is 9.72. The van der Waals surface area contributed by atoms with Crippen LogP contribution in [0.25, 0.3) is 0 Å². The fourth-order valence-corrected chi connectivity index (χ4v) is 2.68. The Morgan fingerprint density at radius 3 is 1.24 bits per heavy atom. The number of hydrogen-bond acceptors (Lipinski definition) is 4. The summed E-state index contributed by atoms with van der Waals surface area (Å²) in [6, 6.07) is 0. The maximum Gasteiger partial charge on any atom is 0.238 e. The van der Waals surface area contributed by atoms with E-state index in [1.807, 2.05) is 27.7 Å². The molecule has 6 nitrogen and oxygen atoms in total. The number of amides is 2. The normalized spacial score (nSPS) is 11.3. The van der Waals surface area contributed by atoms with Crippen molar-refractivity contribution in [2.45, 2.75) is 85.5 Å². The molecule has 0 fully saturated rings. The van der Waals surface area contributed by atoms with Gasteiger partial charge in [0.05, 0.1) is 0 Å². The summed E-state index contributed by atoms with van der Waals surface area (Å²) in [5.41, 5.74) is -0.989. The second kappa shape index (κ2) is 11.5.